The molecule has 2 aromatic rings. The summed E-state index contributed by atoms with van der Waals surface area (Å²) in [7, 11) is 1.27. The molecule has 9 heteroatoms. The maximum atomic E-state index is 12.6. The standard InChI is InChI=1S/C14H12F3N3O3/c1-8(21)23-10-6-4-3-5-9(10)13(22)18-12-7-11(14(15,16)17)19-20(12)2/h3-7H,1-2H3,(H,18,22). The van der Waals surface area contributed by atoms with Crippen LogP contribution in [-0.2, 0) is 18.0 Å². The number of anilines is 1. The Morgan fingerprint density at radius 1 is 1.26 bits per heavy atom. The van der Waals surface area contributed by atoms with Crippen molar-refractivity contribution in [2.24, 2.45) is 7.05 Å². The Labute approximate surface area is 128 Å². The van der Waals surface area contributed by atoms with E-state index < -0.39 is 23.7 Å². The lowest BCUT2D eigenvalue weighted by Gasteiger charge is -2.09. The number of ether oxygens (including phenoxy) is 1. The molecule has 0 fully saturated rings. The number of nitrogens with zero attached hydrogens (tertiary/aromatic N) is 2. The molecule has 0 spiro atoms. The second kappa shape index (κ2) is 6.11. The summed E-state index contributed by atoms with van der Waals surface area (Å²) in [5, 5.41) is 5.59. The fraction of sp³-hybridized carbons (Fsp3) is 0.214. The van der Waals surface area contributed by atoms with E-state index in [0.29, 0.717) is 6.07 Å². The molecular weight excluding hydrogens is 315 g/mol. The molecule has 0 aliphatic carbocycles. The Bertz CT molecular complexity index is 753. The van der Waals surface area contributed by atoms with E-state index in [9.17, 15) is 22.8 Å². The zero-order valence-electron chi connectivity index (χ0n) is 12.1. The van der Waals surface area contributed by atoms with Crippen molar-refractivity contribution < 1.29 is 27.5 Å². The summed E-state index contributed by atoms with van der Waals surface area (Å²) in [5.41, 5.74) is -1.11. The molecule has 0 radical (unpaired) electrons. The molecule has 2 rings (SSSR count). The van der Waals surface area contributed by atoms with Gasteiger partial charge in [0.15, 0.2) is 5.69 Å². The number of aromatic nitrogens is 2. The van der Waals surface area contributed by atoms with Gasteiger partial charge in [-0.1, -0.05) is 12.1 Å². The number of aryl methyl sites for hydroxylation is 1. The largest absolute Gasteiger partial charge is 0.435 e. The molecular formula is C14H12F3N3O3. The van der Waals surface area contributed by atoms with Gasteiger partial charge in [-0.2, -0.15) is 18.3 Å². The van der Waals surface area contributed by atoms with Crippen LogP contribution in [0, 0.1) is 0 Å². The van der Waals surface area contributed by atoms with Crippen molar-refractivity contribution in [1.82, 2.24) is 9.78 Å². The van der Waals surface area contributed by atoms with Gasteiger partial charge in [0.25, 0.3) is 5.91 Å². The lowest BCUT2D eigenvalue weighted by molar-refractivity contribution is -0.141. The maximum absolute atomic E-state index is 12.6. The van der Waals surface area contributed by atoms with Gasteiger partial charge in [-0.05, 0) is 12.1 Å². The minimum Gasteiger partial charge on any atom is -0.426 e. The minimum absolute atomic E-state index is 0.00992. The molecule has 1 aromatic heterocycles. The van der Waals surface area contributed by atoms with E-state index in [1.165, 1.54) is 32.2 Å². The summed E-state index contributed by atoms with van der Waals surface area (Å²) in [6.45, 7) is 1.17. The first kappa shape index (κ1) is 16.5. The first-order valence-electron chi connectivity index (χ1n) is 6.38. The van der Waals surface area contributed by atoms with Crippen LogP contribution in [-0.4, -0.2) is 21.7 Å². The Kier molecular flexibility index (Phi) is 4.39. The number of carbonyl (C=O) groups excluding carboxylic acids is 2. The van der Waals surface area contributed by atoms with Gasteiger partial charge in [0.1, 0.15) is 11.6 Å². The van der Waals surface area contributed by atoms with Crippen LogP contribution >= 0.6 is 0 Å². The van der Waals surface area contributed by atoms with Crippen molar-refractivity contribution >= 4 is 17.7 Å². The Morgan fingerprint density at radius 2 is 1.91 bits per heavy atom. The minimum atomic E-state index is -4.61. The van der Waals surface area contributed by atoms with Crippen molar-refractivity contribution in [3.05, 3.63) is 41.6 Å². The molecule has 0 atom stereocenters. The van der Waals surface area contributed by atoms with Crippen molar-refractivity contribution in [2.45, 2.75) is 13.1 Å². The number of rotatable bonds is 3. The molecule has 1 N–H and O–H groups in total. The number of alkyl halides is 3. The zero-order valence-corrected chi connectivity index (χ0v) is 12.1. The van der Waals surface area contributed by atoms with Crippen molar-refractivity contribution in [3.63, 3.8) is 0 Å². The van der Waals surface area contributed by atoms with Gasteiger partial charge < -0.3 is 10.1 Å². The summed E-state index contributed by atoms with van der Waals surface area (Å²) in [6.07, 6.45) is -4.61. The third-order valence-electron chi connectivity index (χ3n) is 2.80. The van der Waals surface area contributed by atoms with Gasteiger partial charge in [0, 0.05) is 20.0 Å². The van der Waals surface area contributed by atoms with Crippen molar-refractivity contribution in [1.29, 1.82) is 0 Å². The lowest BCUT2D eigenvalue weighted by Crippen LogP contribution is -2.16. The molecule has 1 amide bonds. The quantitative estimate of drug-likeness (QED) is 0.695. The van der Waals surface area contributed by atoms with Crippen LogP contribution in [0.1, 0.15) is 23.0 Å². The fourth-order valence-corrected chi connectivity index (χ4v) is 1.80. The first-order valence-corrected chi connectivity index (χ1v) is 6.38. The molecule has 0 saturated carbocycles. The van der Waals surface area contributed by atoms with E-state index in [-0.39, 0.29) is 17.1 Å². The third kappa shape index (κ3) is 3.87. The van der Waals surface area contributed by atoms with E-state index in [4.69, 9.17) is 4.74 Å². The van der Waals surface area contributed by atoms with E-state index >= 15 is 0 Å². The Hall–Kier alpha value is -2.84. The highest BCUT2D eigenvalue weighted by Crippen LogP contribution is 2.30. The van der Waals surface area contributed by atoms with Gasteiger partial charge in [0.2, 0.25) is 0 Å². The van der Waals surface area contributed by atoms with Gasteiger partial charge in [-0.3, -0.25) is 14.3 Å². The number of para-hydroxylation sites is 1. The van der Waals surface area contributed by atoms with Gasteiger partial charge in [-0.15, -0.1) is 0 Å². The molecule has 1 aromatic carbocycles. The van der Waals surface area contributed by atoms with Crippen LogP contribution in [0.25, 0.3) is 0 Å². The molecule has 0 aliphatic rings. The highest BCUT2D eigenvalue weighted by atomic mass is 19.4. The number of carbonyl (C=O) groups is 2. The predicted molar refractivity (Wildman–Crippen MR) is 73.9 cm³/mol. The number of hydrogen-bond donors (Lipinski definition) is 1. The third-order valence-corrected chi connectivity index (χ3v) is 2.80. The Balaban J connectivity index is 2.27. The summed E-state index contributed by atoms with van der Waals surface area (Å²) < 4.78 is 43.6. The molecule has 6 nitrogen and oxygen atoms in total. The number of amides is 1. The molecule has 0 unspecified atom stereocenters. The maximum Gasteiger partial charge on any atom is 0.435 e. The van der Waals surface area contributed by atoms with E-state index in [1.54, 1.807) is 6.07 Å². The summed E-state index contributed by atoms with van der Waals surface area (Å²) in [5.74, 6) is -1.47. The SMILES string of the molecule is CC(=O)Oc1ccccc1C(=O)Nc1cc(C(F)(F)F)nn1C. The average molecular weight is 327 g/mol. The normalized spacial score (nSPS) is 11.2. The predicted octanol–water partition coefficient (Wildman–Crippen LogP) is 2.62. The van der Waals surface area contributed by atoms with Crippen LogP contribution in [0.2, 0.25) is 0 Å². The first-order chi connectivity index (χ1) is 10.7. The second-order valence-corrected chi connectivity index (χ2v) is 4.58. The number of halogens is 3. The summed E-state index contributed by atoms with van der Waals surface area (Å²) in [6, 6.07) is 6.59. The number of nitrogens with one attached hydrogen (secondary N) is 1. The van der Waals surface area contributed by atoms with Crippen LogP contribution in [0.3, 0.4) is 0 Å². The monoisotopic (exact) mass is 327 g/mol. The average Bonchev–Trinajstić information content (AvgIpc) is 2.80. The van der Waals surface area contributed by atoms with Gasteiger partial charge >= 0.3 is 12.1 Å². The highest BCUT2D eigenvalue weighted by Gasteiger charge is 2.34. The topological polar surface area (TPSA) is 73.2 Å². The summed E-state index contributed by atoms with van der Waals surface area (Å²) >= 11 is 0. The number of esters is 1. The van der Waals surface area contributed by atoms with Crippen LogP contribution in [0.15, 0.2) is 30.3 Å². The highest BCUT2D eigenvalue weighted by molar-refractivity contribution is 6.06. The second-order valence-electron chi connectivity index (χ2n) is 4.58. The molecule has 0 bridgehead atoms. The molecule has 122 valence electrons. The van der Waals surface area contributed by atoms with Crippen molar-refractivity contribution in [2.75, 3.05) is 5.32 Å². The number of benzene rings is 1. The van der Waals surface area contributed by atoms with E-state index in [0.717, 1.165) is 4.68 Å². The summed E-state index contributed by atoms with van der Waals surface area (Å²) in [4.78, 5) is 23.2. The van der Waals surface area contributed by atoms with Gasteiger partial charge in [0.05, 0.1) is 5.56 Å². The smallest absolute Gasteiger partial charge is 0.426 e. The van der Waals surface area contributed by atoms with Crippen LogP contribution in [0.4, 0.5) is 19.0 Å². The molecule has 1 heterocycles. The van der Waals surface area contributed by atoms with Crippen LogP contribution < -0.4 is 10.1 Å². The molecule has 23 heavy (non-hydrogen) atoms. The van der Waals surface area contributed by atoms with Crippen LogP contribution in [0.5, 0.6) is 5.75 Å². The van der Waals surface area contributed by atoms with E-state index in [2.05, 4.69) is 10.4 Å². The fourth-order valence-electron chi connectivity index (χ4n) is 1.80. The van der Waals surface area contributed by atoms with E-state index in [1.807, 2.05) is 0 Å². The number of hydrogen-bond acceptors (Lipinski definition) is 4. The van der Waals surface area contributed by atoms with Crippen molar-refractivity contribution in [3.8, 4) is 5.75 Å². The zero-order chi connectivity index (χ0) is 17.2. The van der Waals surface area contributed by atoms with Gasteiger partial charge in [-0.25, -0.2) is 0 Å². The lowest BCUT2D eigenvalue weighted by atomic mass is 10.2. The Morgan fingerprint density at radius 3 is 2.48 bits per heavy atom. The molecule has 0 aliphatic heterocycles. The molecule has 0 saturated heterocycles.